The van der Waals surface area contributed by atoms with Gasteiger partial charge in [0.05, 0.1) is 11.0 Å². The van der Waals surface area contributed by atoms with Crippen molar-refractivity contribution in [2.45, 2.75) is 13.8 Å². The third-order valence-electron chi connectivity index (χ3n) is 3.49. The molecule has 0 fully saturated rings. The Morgan fingerprint density at radius 1 is 1.16 bits per heavy atom. The average molecular weight is 262 g/mol. The highest BCUT2D eigenvalue weighted by molar-refractivity contribution is 5.78. The molecule has 0 aliphatic carbocycles. The zero-order valence-electron chi connectivity index (χ0n) is 11.7. The van der Waals surface area contributed by atoms with Crippen molar-refractivity contribution in [3.8, 4) is 0 Å². The molecule has 0 saturated carbocycles. The number of anilines is 1. The molecule has 1 aromatic carbocycles. The van der Waals surface area contributed by atoms with E-state index in [0.717, 1.165) is 29.8 Å². The number of hydrogen-bond donors (Lipinski definition) is 4. The fourth-order valence-electron chi connectivity index (χ4n) is 2.20. The van der Waals surface area contributed by atoms with Gasteiger partial charge < -0.3 is 20.6 Å². The van der Waals surface area contributed by atoms with Crippen molar-refractivity contribution in [2.24, 2.45) is 11.8 Å². The van der Waals surface area contributed by atoms with Gasteiger partial charge >= 0.3 is 5.69 Å². The molecule has 1 unspecified atom stereocenters. The number of imidazole rings is 1. The van der Waals surface area contributed by atoms with Gasteiger partial charge in [0.1, 0.15) is 0 Å². The van der Waals surface area contributed by atoms with Crippen molar-refractivity contribution >= 4 is 16.7 Å². The molecule has 5 nitrogen and oxygen atoms in total. The quantitative estimate of drug-likeness (QED) is 0.641. The van der Waals surface area contributed by atoms with E-state index in [4.69, 9.17) is 0 Å². The molecular weight excluding hydrogens is 240 g/mol. The highest BCUT2D eigenvalue weighted by Crippen LogP contribution is 2.16. The first-order valence-electron chi connectivity index (χ1n) is 6.70. The van der Waals surface area contributed by atoms with E-state index in [1.54, 1.807) is 0 Å². The number of nitrogens with one attached hydrogen (secondary N) is 4. The van der Waals surface area contributed by atoms with Crippen LogP contribution in [0.4, 0.5) is 5.69 Å². The smallest absolute Gasteiger partial charge is 0.323 e. The predicted octanol–water partition coefficient (Wildman–Crippen LogP) is 1.76. The van der Waals surface area contributed by atoms with E-state index in [-0.39, 0.29) is 5.69 Å². The number of benzene rings is 1. The van der Waals surface area contributed by atoms with Gasteiger partial charge in [0.2, 0.25) is 0 Å². The lowest BCUT2D eigenvalue weighted by atomic mass is 9.95. The standard InChI is InChI=1S/C14H22N4O/c1-9(2)10(7-15-3)8-16-11-4-5-12-13(6-11)18-14(19)17-12/h4-6,9-10,15-16H,7-8H2,1-3H3,(H2,17,18,19). The molecular formula is C14H22N4O. The summed E-state index contributed by atoms with van der Waals surface area (Å²) < 4.78 is 0. The SMILES string of the molecule is CNCC(CNc1ccc2[nH]c(=O)[nH]c2c1)C(C)C. The monoisotopic (exact) mass is 262 g/mol. The molecule has 5 heteroatoms. The summed E-state index contributed by atoms with van der Waals surface area (Å²) in [6, 6.07) is 5.87. The summed E-state index contributed by atoms with van der Waals surface area (Å²) in [6.07, 6.45) is 0. The lowest BCUT2D eigenvalue weighted by Gasteiger charge is -2.21. The first-order valence-corrected chi connectivity index (χ1v) is 6.70. The highest BCUT2D eigenvalue weighted by Gasteiger charge is 2.12. The van der Waals surface area contributed by atoms with Gasteiger partial charge in [0, 0.05) is 12.2 Å². The zero-order chi connectivity index (χ0) is 13.8. The van der Waals surface area contributed by atoms with Gasteiger partial charge in [-0.3, -0.25) is 0 Å². The summed E-state index contributed by atoms with van der Waals surface area (Å²) >= 11 is 0. The molecule has 2 aromatic rings. The van der Waals surface area contributed by atoms with Crippen LogP contribution in [0.25, 0.3) is 11.0 Å². The number of rotatable bonds is 6. The highest BCUT2D eigenvalue weighted by atomic mass is 16.1. The van der Waals surface area contributed by atoms with Gasteiger partial charge in [0.15, 0.2) is 0 Å². The van der Waals surface area contributed by atoms with E-state index in [1.807, 2.05) is 25.2 Å². The Balaban J connectivity index is 2.06. The van der Waals surface area contributed by atoms with Crippen molar-refractivity contribution in [3.05, 3.63) is 28.7 Å². The normalized spacial score (nSPS) is 13.1. The molecule has 0 saturated heterocycles. The molecule has 0 aliphatic rings. The van der Waals surface area contributed by atoms with Crippen molar-refractivity contribution < 1.29 is 0 Å². The van der Waals surface area contributed by atoms with Gasteiger partial charge in [0.25, 0.3) is 0 Å². The van der Waals surface area contributed by atoms with E-state index < -0.39 is 0 Å². The van der Waals surface area contributed by atoms with Crippen LogP contribution in [0, 0.1) is 11.8 Å². The fourth-order valence-corrected chi connectivity index (χ4v) is 2.20. The van der Waals surface area contributed by atoms with E-state index in [9.17, 15) is 4.79 Å². The molecule has 19 heavy (non-hydrogen) atoms. The second-order valence-electron chi connectivity index (χ2n) is 5.28. The Labute approximate surface area is 112 Å². The predicted molar refractivity (Wildman–Crippen MR) is 79.7 cm³/mol. The number of aromatic amines is 2. The summed E-state index contributed by atoms with van der Waals surface area (Å²) in [5.41, 5.74) is 2.54. The Hall–Kier alpha value is -1.75. The summed E-state index contributed by atoms with van der Waals surface area (Å²) in [7, 11) is 1.98. The Morgan fingerprint density at radius 2 is 1.89 bits per heavy atom. The van der Waals surface area contributed by atoms with Crippen LogP contribution in [-0.4, -0.2) is 30.1 Å². The molecule has 0 bridgehead atoms. The van der Waals surface area contributed by atoms with Gasteiger partial charge in [-0.15, -0.1) is 0 Å². The van der Waals surface area contributed by atoms with Gasteiger partial charge in [-0.25, -0.2) is 4.79 Å². The maximum atomic E-state index is 11.2. The van der Waals surface area contributed by atoms with Crippen LogP contribution in [0.15, 0.2) is 23.0 Å². The Bertz CT molecular complexity index is 584. The lowest BCUT2D eigenvalue weighted by molar-refractivity contribution is 0.390. The third kappa shape index (κ3) is 3.38. The maximum absolute atomic E-state index is 11.2. The molecule has 104 valence electrons. The minimum atomic E-state index is -0.164. The number of aromatic nitrogens is 2. The maximum Gasteiger partial charge on any atom is 0.323 e. The lowest BCUT2D eigenvalue weighted by Crippen LogP contribution is -2.29. The van der Waals surface area contributed by atoms with Crippen LogP contribution in [0.5, 0.6) is 0 Å². The average Bonchev–Trinajstić information content (AvgIpc) is 2.73. The third-order valence-corrected chi connectivity index (χ3v) is 3.49. The van der Waals surface area contributed by atoms with E-state index >= 15 is 0 Å². The second kappa shape index (κ2) is 5.93. The van der Waals surface area contributed by atoms with Crippen molar-refractivity contribution in [2.75, 3.05) is 25.5 Å². The van der Waals surface area contributed by atoms with Crippen molar-refractivity contribution in [1.82, 2.24) is 15.3 Å². The molecule has 1 atom stereocenters. The minimum Gasteiger partial charge on any atom is -0.385 e. The largest absolute Gasteiger partial charge is 0.385 e. The molecule has 2 rings (SSSR count). The van der Waals surface area contributed by atoms with Gasteiger partial charge in [-0.2, -0.15) is 0 Å². The minimum absolute atomic E-state index is 0.164. The molecule has 0 spiro atoms. The summed E-state index contributed by atoms with van der Waals surface area (Å²) in [5.74, 6) is 1.20. The summed E-state index contributed by atoms with van der Waals surface area (Å²) in [4.78, 5) is 16.7. The van der Waals surface area contributed by atoms with Crippen LogP contribution >= 0.6 is 0 Å². The number of H-pyrrole nitrogens is 2. The van der Waals surface area contributed by atoms with Crippen LogP contribution in [-0.2, 0) is 0 Å². The van der Waals surface area contributed by atoms with Gasteiger partial charge in [-0.1, -0.05) is 13.8 Å². The summed E-state index contributed by atoms with van der Waals surface area (Å²) in [5, 5.41) is 6.66. The molecule has 1 heterocycles. The number of hydrogen-bond acceptors (Lipinski definition) is 3. The first kappa shape index (κ1) is 13.7. The molecule has 4 N–H and O–H groups in total. The van der Waals surface area contributed by atoms with Crippen molar-refractivity contribution in [1.29, 1.82) is 0 Å². The van der Waals surface area contributed by atoms with Gasteiger partial charge in [-0.05, 0) is 43.6 Å². The Morgan fingerprint density at radius 3 is 2.58 bits per heavy atom. The number of fused-ring (bicyclic) bond motifs is 1. The zero-order valence-corrected chi connectivity index (χ0v) is 11.7. The molecule has 1 aromatic heterocycles. The van der Waals surface area contributed by atoms with E-state index in [0.29, 0.717) is 11.8 Å². The fraction of sp³-hybridized carbons (Fsp3) is 0.500. The molecule has 0 radical (unpaired) electrons. The van der Waals surface area contributed by atoms with Crippen LogP contribution in [0.2, 0.25) is 0 Å². The Kier molecular flexibility index (Phi) is 4.27. The van der Waals surface area contributed by atoms with Crippen LogP contribution in [0.3, 0.4) is 0 Å². The first-order chi connectivity index (χ1) is 9.10. The molecule has 0 amide bonds. The summed E-state index contributed by atoms with van der Waals surface area (Å²) in [6.45, 7) is 6.37. The van der Waals surface area contributed by atoms with Crippen molar-refractivity contribution in [3.63, 3.8) is 0 Å². The van der Waals surface area contributed by atoms with E-state index in [1.165, 1.54) is 0 Å². The topological polar surface area (TPSA) is 72.7 Å². The second-order valence-corrected chi connectivity index (χ2v) is 5.28. The van der Waals surface area contributed by atoms with Crippen LogP contribution in [0.1, 0.15) is 13.8 Å². The molecule has 0 aliphatic heterocycles. The van der Waals surface area contributed by atoms with Crippen LogP contribution < -0.4 is 16.3 Å². The van der Waals surface area contributed by atoms with E-state index in [2.05, 4.69) is 34.4 Å².